The molecule has 1 N–H and O–H groups in total. The summed E-state index contributed by atoms with van der Waals surface area (Å²) in [6, 6.07) is 4.32. The number of benzene rings is 1. The second-order valence-electron chi connectivity index (χ2n) is 4.70. The van der Waals surface area contributed by atoms with E-state index in [1.807, 2.05) is 0 Å². The van der Waals surface area contributed by atoms with Crippen molar-refractivity contribution in [3.63, 3.8) is 0 Å². The summed E-state index contributed by atoms with van der Waals surface area (Å²) in [5, 5.41) is 9.58. The topological polar surface area (TPSA) is 49.8 Å². The second kappa shape index (κ2) is 6.02. The molecule has 1 unspecified atom stereocenters. The number of para-hydroxylation sites is 1. The van der Waals surface area contributed by atoms with Gasteiger partial charge in [-0.25, -0.2) is 4.39 Å². The fourth-order valence-corrected chi connectivity index (χ4v) is 2.34. The lowest BCUT2D eigenvalue weighted by Gasteiger charge is -2.21. The van der Waals surface area contributed by atoms with Crippen LogP contribution >= 0.6 is 0 Å². The van der Waals surface area contributed by atoms with Gasteiger partial charge in [-0.2, -0.15) is 0 Å². The molecule has 0 spiro atoms. The summed E-state index contributed by atoms with van der Waals surface area (Å²) in [5.41, 5.74) is 0.235. The molecule has 1 saturated heterocycles. The van der Waals surface area contributed by atoms with Gasteiger partial charge in [0.25, 0.3) is 5.91 Å². The summed E-state index contributed by atoms with van der Waals surface area (Å²) in [6.45, 7) is 1.06. The molecule has 2 rings (SSSR count). The van der Waals surface area contributed by atoms with Gasteiger partial charge >= 0.3 is 0 Å². The van der Waals surface area contributed by atoms with E-state index in [1.165, 1.54) is 19.2 Å². The molecule has 0 aliphatic carbocycles. The van der Waals surface area contributed by atoms with Crippen LogP contribution in [-0.4, -0.2) is 42.2 Å². The highest BCUT2D eigenvalue weighted by atomic mass is 19.1. The van der Waals surface area contributed by atoms with E-state index >= 15 is 0 Å². The molecule has 0 aromatic heterocycles. The number of rotatable bonds is 2. The van der Waals surface area contributed by atoms with Gasteiger partial charge in [0, 0.05) is 13.1 Å². The number of carbonyl (C=O) groups excluding carboxylic acids is 1. The van der Waals surface area contributed by atoms with Crippen molar-refractivity contribution >= 4 is 5.91 Å². The normalized spacial score (nSPS) is 19.9. The van der Waals surface area contributed by atoms with Crippen molar-refractivity contribution in [1.29, 1.82) is 0 Å². The number of likely N-dealkylation sites (tertiary alicyclic amines) is 1. The largest absolute Gasteiger partial charge is 0.493 e. The summed E-state index contributed by atoms with van der Waals surface area (Å²) >= 11 is 0. The number of ether oxygens (including phenoxy) is 1. The summed E-state index contributed by atoms with van der Waals surface area (Å²) in [5.74, 6) is -0.800. The zero-order valence-electron chi connectivity index (χ0n) is 10.9. The van der Waals surface area contributed by atoms with Gasteiger partial charge in [0.1, 0.15) is 0 Å². The van der Waals surface area contributed by atoms with Gasteiger partial charge in [-0.05, 0) is 31.4 Å². The number of aliphatic hydroxyl groups is 1. The first-order chi connectivity index (χ1) is 9.13. The lowest BCUT2D eigenvalue weighted by molar-refractivity contribution is 0.0749. The van der Waals surface area contributed by atoms with Crippen molar-refractivity contribution in [2.75, 3.05) is 20.2 Å². The van der Waals surface area contributed by atoms with E-state index in [-0.39, 0.29) is 23.3 Å². The molecule has 1 aliphatic rings. The van der Waals surface area contributed by atoms with E-state index in [1.54, 1.807) is 11.0 Å². The fraction of sp³-hybridized carbons (Fsp3) is 0.500. The molecule has 1 aromatic rings. The van der Waals surface area contributed by atoms with Crippen LogP contribution in [0.4, 0.5) is 4.39 Å². The highest BCUT2D eigenvalue weighted by Crippen LogP contribution is 2.24. The van der Waals surface area contributed by atoms with Crippen molar-refractivity contribution in [1.82, 2.24) is 4.90 Å². The minimum atomic E-state index is -0.539. The summed E-state index contributed by atoms with van der Waals surface area (Å²) in [4.78, 5) is 14.0. The summed E-state index contributed by atoms with van der Waals surface area (Å²) in [6.07, 6.45) is 1.66. The van der Waals surface area contributed by atoms with Crippen molar-refractivity contribution in [3.8, 4) is 5.75 Å². The van der Waals surface area contributed by atoms with Crippen LogP contribution in [0.25, 0.3) is 0 Å². The summed E-state index contributed by atoms with van der Waals surface area (Å²) < 4.78 is 18.6. The minimum absolute atomic E-state index is 0.0164. The Morgan fingerprint density at radius 3 is 2.95 bits per heavy atom. The van der Waals surface area contributed by atoms with Crippen molar-refractivity contribution in [2.45, 2.75) is 25.4 Å². The average Bonchev–Trinajstić information content (AvgIpc) is 2.62. The molecule has 1 amide bonds. The van der Waals surface area contributed by atoms with Crippen LogP contribution in [-0.2, 0) is 0 Å². The maximum absolute atomic E-state index is 13.6. The number of nitrogens with zero attached hydrogens (tertiary/aromatic N) is 1. The Bertz CT molecular complexity index is 464. The van der Waals surface area contributed by atoms with Crippen LogP contribution in [0.3, 0.4) is 0 Å². The van der Waals surface area contributed by atoms with E-state index in [0.717, 1.165) is 6.42 Å². The molecule has 0 radical (unpaired) electrons. The van der Waals surface area contributed by atoms with Crippen molar-refractivity contribution < 1.29 is 19.0 Å². The Hall–Kier alpha value is -1.62. The van der Waals surface area contributed by atoms with Gasteiger partial charge in [0.15, 0.2) is 11.6 Å². The fourth-order valence-electron chi connectivity index (χ4n) is 2.34. The number of carbonyl (C=O) groups is 1. The lowest BCUT2D eigenvalue weighted by atomic mass is 10.1. The highest BCUT2D eigenvalue weighted by molar-refractivity contribution is 5.97. The lowest BCUT2D eigenvalue weighted by Crippen LogP contribution is -2.32. The maximum atomic E-state index is 13.6. The quantitative estimate of drug-likeness (QED) is 0.889. The van der Waals surface area contributed by atoms with Gasteiger partial charge in [-0.3, -0.25) is 4.79 Å². The molecule has 1 heterocycles. The monoisotopic (exact) mass is 267 g/mol. The van der Waals surface area contributed by atoms with Crippen molar-refractivity contribution in [3.05, 3.63) is 29.6 Å². The molecule has 4 nitrogen and oxygen atoms in total. The van der Waals surface area contributed by atoms with E-state index in [0.29, 0.717) is 25.9 Å². The first-order valence-corrected chi connectivity index (χ1v) is 6.43. The van der Waals surface area contributed by atoms with E-state index in [4.69, 9.17) is 4.74 Å². The predicted molar refractivity (Wildman–Crippen MR) is 68.7 cm³/mol. The third kappa shape index (κ3) is 3.04. The Morgan fingerprint density at radius 1 is 1.42 bits per heavy atom. The Balaban J connectivity index is 2.21. The van der Waals surface area contributed by atoms with Gasteiger partial charge < -0.3 is 14.7 Å². The van der Waals surface area contributed by atoms with Gasteiger partial charge in [0.2, 0.25) is 0 Å². The van der Waals surface area contributed by atoms with E-state index in [9.17, 15) is 14.3 Å². The predicted octanol–water partition coefficient (Wildman–Crippen LogP) is 1.82. The van der Waals surface area contributed by atoms with Crippen LogP contribution in [0.1, 0.15) is 29.6 Å². The number of aliphatic hydroxyl groups excluding tert-OH is 1. The number of amides is 1. The Kier molecular flexibility index (Phi) is 4.37. The smallest absolute Gasteiger partial charge is 0.257 e. The molecular formula is C14H18FNO3. The van der Waals surface area contributed by atoms with Crippen LogP contribution in [0.2, 0.25) is 0 Å². The molecule has 0 bridgehead atoms. The molecule has 1 fully saturated rings. The molecule has 19 heavy (non-hydrogen) atoms. The molecule has 1 aliphatic heterocycles. The third-order valence-electron chi connectivity index (χ3n) is 3.39. The number of hydrogen-bond donors (Lipinski definition) is 1. The minimum Gasteiger partial charge on any atom is -0.493 e. The molecular weight excluding hydrogens is 249 g/mol. The van der Waals surface area contributed by atoms with Crippen LogP contribution in [0.5, 0.6) is 5.75 Å². The van der Waals surface area contributed by atoms with E-state index in [2.05, 4.69) is 0 Å². The van der Waals surface area contributed by atoms with Crippen LogP contribution in [0.15, 0.2) is 18.2 Å². The first-order valence-electron chi connectivity index (χ1n) is 6.43. The maximum Gasteiger partial charge on any atom is 0.257 e. The Morgan fingerprint density at radius 2 is 2.21 bits per heavy atom. The molecule has 1 atom stereocenters. The zero-order valence-corrected chi connectivity index (χ0v) is 10.9. The Labute approximate surface area is 111 Å². The summed E-state index contributed by atoms with van der Waals surface area (Å²) in [7, 11) is 1.35. The molecule has 0 saturated carbocycles. The van der Waals surface area contributed by atoms with Crippen molar-refractivity contribution in [2.24, 2.45) is 0 Å². The SMILES string of the molecule is COc1c(F)cccc1C(=O)N1CCCC(O)CC1. The van der Waals surface area contributed by atoms with Gasteiger partial charge in [0.05, 0.1) is 18.8 Å². The third-order valence-corrected chi connectivity index (χ3v) is 3.39. The van der Waals surface area contributed by atoms with E-state index < -0.39 is 5.82 Å². The number of halogens is 1. The van der Waals surface area contributed by atoms with Crippen LogP contribution < -0.4 is 4.74 Å². The number of methoxy groups -OCH3 is 1. The highest BCUT2D eigenvalue weighted by Gasteiger charge is 2.24. The zero-order chi connectivity index (χ0) is 13.8. The van der Waals surface area contributed by atoms with Gasteiger partial charge in [-0.15, -0.1) is 0 Å². The second-order valence-corrected chi connectivity index (χ2v) is 4.70. The molecule has 1 aromatic carbocycles. The van der Waals surface area contributed by atoms with Gasteiger partial charge in [-0.1, -0.05) is 6.07 Å². The number of hydrogen-bond acceptors (Lipinski definition) is 3. The average molecular weight is 267 g/mol. The molecule has 5 heteroatoms. The standard InChI is InChI=1S/C14H18FNO3/c1-19-13-11(5-2-6-12(13)15)14(18)16-8-3-4-10(17)7-9-16/h2,5-6,10,17H,3-4,7-9H2,1H3. The molecule has 104 valence electrons. The van der Waals surface area contributed by atoms with Crippen LogP contribution in [0, 0.1) is 5.82 Å². The first kappa shape index (κ1) is 13.8.